The third-order valence-corrected chi connectivity index (χ3v) is 14.5. The Labute approximate surface area is 404 Å². The number of aromatic nitrogens is 2. The number of carbonyl (C=O) groups excluding carboxylic acids is 2. The van der Waals surface area contributed by atoms with Gasteiger partial charge in [-0.25, -0.2) is 22.7 Å². The van der Waals surface area contributed by atoms with Gasteiger partial charge in [0.1, 0.15) is 40.2 Å². The highest BCUT2D eigenvalue weighted by Crippen LogP contribution is 2.40. The van der Waals surface area contributed by atoms with Gasteiger partial charge in [-0.3, -0.25) is 4.90 Å². The van der Waals surface area contributed by atoms with Crippen molar-refractivity contribution in [3.05, 3.63) is 95.3 Å². The Balaban J connectivity index is 1.10. The predicted octanol–water partition coefficient (Wildman–Crippen LogP) is 9.64. The number of hydrogen-bond acceptors (Lipinski definition) is 11. The second-order valence-electron chi connectivity index (χ2n) is 22.3. The minimum absolute atomic E-state index is 0.0159. The number of nitrogens with zero attached hydrogens (tertiary/aromatic N) is 5. The third-order valence-electron chi connectivity index (χ3n) is 12.7. The first-order valence-electron chi connectivity index (χ1n) is 24.0. The van der Waals surface area contributed by atoms with E-state index in [-0.39, 0.29) is 35.4 Å². The molecule has 68 heavy (non-hydrogen) atoms. The number of fused-ring (bicyclic) bond motifs is 1. The van der Waals surface area contributed by atoms with E-state index >= 15 is 0 Å². The number of amides is 1. The molecule has 0 N–H and O–H groups in total. The van der Waals surface area contributed by atoms with Crippen molar-refractivity contribution in [1.82, 2.24) is 19.0 Å². The molecule has 1 aliphatic carbocycles. The number of para-hydroxylation sites is 2. The molecule has 0 bridgehead atoms. The Morgan fingerprint density at radius 2 is 1.57 bits per heavy atom. The van der Waals surface area contributed by atoms with Gasteiger partial charge in [-0.15, -0.1) is 0 Å². The monoisotopic (exact) mass is 956 g/mol. The average Bonchev–Trinajstić information content (AvgIpc) is 3.92. The summed E-state index contributed by atoms with van der Waals surface area (Å²) in [5.74, 6) is 0.829. The number of ether oxygens (including phenoxy) is 5. The van der Waals surface area contributed by atoms with E-state index in [0.29, 0.717) is 35.8 Å². The smallest absolute Gasteiger partial charge is 0.412 e. The minimum atomic E-state index is -3.96. The Morgan fingerprint density at radius 3 is 2.21 bits per heavy atom. The van der Waals surface area contributed by atoms with Gasteiger partial charge in [0.25, 0.3) is 0 Å². The van der Waals surface area contributed by atoms with Crippen molar-refractivity contribution in [2.24, 2.45) is 11.3 Å². The average molecular weight is 956 g/mol. The summed E-state index contributed by atoms with van der Waals surface area (Å²) in [5.41, 5.74) is 2.52. The number of hydrogen-bond donors (Lipinski definition) is 0. The van der Waals surface area contributed by atoms with E-state index in [2.05, 4.69) is 43.0 Å². The van der Waals surface area contributed by atoms with Crippen LogP contribution in [0.5, 0.6) is 11.5 Å². The van der Waals surface area contributed by atoms with Gasteiger partial charge in [0, 0.05) is 37.3 Å². The van der Waals surface area contributed by atoms with Crippen LogP contribution in [0.2, 0.25) is 0 Å². The van der Waals surface area contributed by atoms with Gasteiger partial charge in [0.15, 0.2) is 5.69 Å². The van der Waals surface area contributed by atoms with Gasteiger partial charge >= 0.3 is 12.1 Å². The Morgan fingerprint density at radius 1 is 0.912 bits per heavy atom. The number of sulfonamides is 1. The van der Waals surface area contributed by atoms with Crippen molar-refractivity contribution in [2.75, 3.05) is 38.2 Å². The zero-order chi connectivity index (χ0) is 49.6. The normalized spacial score (nSPS) is 20.4. The molecule has 1 amide bonds. The Kier molecular flexibility index (Phi) is 14.4. The molecule has 7 rings (SSSR count). The molecule has 15 heteroatoms. The van der Waals surface area contributed by atoms with Gasteiger partial charge in [-0.05, 0) is 147 Å². The van der Waals surface area contributed by atoms with Crippen LogP contribution < -0.4 is 14.4 Å². The van der Waals surface area contributed by atoms with Crippen LogP contribution in [0.15, 0.2) is 77.7 Å². The lowest BCUT2D eigenvalue weighted by atomic mass is 9.76. The number of benzene rings is 3. The number of carbonyl (C=O) groups is 2. The zero-order valence-electron chi connectivity index (χ0n) is 42.4. The van der Waals surface area contributed by atoms with E-state index < -0.39 is 51.2 Å². The van der Waals surface area contributed by atoms with Crippen LogP contribution in [0, 0.1) is 11.3 Å². The quantitative estimate of drug-likeness (QED) is 0.112. The molecule has 3 aromatic carbocycles. The summed E-state index contributed by atoms with van der Waals surface area (Å²) in [5, 5.41) is 5.03. The van der Waals surface area contributed by atoms with Crippen LogP contribution in [-0.2, 0) is 43.5 Å². The summed E-state index contributed by atoms with van der Waals surface area (Å²) in [4.78, 5) is 32.1. The van der Waals surface area contributed by atoms with E-state index in [4.69, 9.17) is 28.8 Å². The highest BCUT2D eigenvalue weighted by Gasteiger charge is 2.52. The molecule has 370 valence electrons. The summed E-state index contributed by atoms with van der Waals surface area (Å²) in [6.07, 6.45) is 2.35. The maximum absolute atomic E-state index is 14.3. The predicted molar refractivity (Wildman–Crippen MR) is 263 cm³/mol. The molecule has 0 radical (unpaired) electrons. The third kappa shape index (κ3) is 11.7. The number of rotatable bonds is 14. The standard InChI is InChI=1S/C53H73N5O9S/c1-35(2)32-56(68(61,62)40-24-22-38(63-13)23-25-40)34-46-44(57(53(11,12)65-46)49(60)67-51(6,7)8)30-36-18-20-37(21-19-36)55-29-27-39(33-55)64-45-17-15-14-16-43(45)58-47(48(59)66-50(3,4)5)41-31-52(9,10)28-26-42(41)54-58/h14-25,35,39,44,46H,26-34H2,1-13H3/t39-,44-,46+/m0/s1. The fourth-order valence-corrected chi connectivity index (χ4v) is 11.2. The van der Waals surface area contributed by atoms with E-state index in [9.17, 15) is 18.0 Å². The lowest BCUT2D eigenvalue weighted by Gasteiger charge is -2.35. The molecule has 2 aliphatic heterocycles. The summed E-state index contributed by atoms with van der Waals surface area (Å²) < 4.78 is 62.5. The van der Waals surface area contributed by atoms with Crippen LogP contribution in [0.3, 0.4) is 0 Å². The van der Waals surface area contributed by atoms with Crippen LogP contribution in [0.1, 0.15) is 123 Å². The molecule has 4 aromatic rings. The largest absolute Gasteiger partial charge is 0.497 e. The lowest BCUT2D eigenvalue weighted by Crippen LogP contribution is -2.52. The van der Waals surface area contributed by atoms with Crippen molar-refractivity contribution in [2.45, 2.75) is 155 Å². The first kappa shape index (κ1) is 50.7. The number of methoxy groups -OCH3 is 1. The topological polar surface area (TPSA) is 142 Å². The number of anilines is 1. The first-order chi connectivity index (χ1) is 31.7. The SMILES string of the molecule is COc1ccc(S(=O)(=O)N(CC(C)C)C[C@H]2OC(C)(C)N(C(=O)OC(C)(C)C)[C@H]2Cc2ccc(N3CC[C@H](Oc4ccccc4-n4nc5c(c4C(=O)OC(C)(C)C)CC(C)(C)CC5)C3)cc2)cc1. The molecule has 14 nitrogen and oxygen atoms in total. The lowest BCUT2D eigenvalue weighted by molar-refractivity contribution is -0.0807. The van der Waals surface area contributed by atoms with E-state index in [0.717, 1.165) is 54.7 Å². The maximum Gasteiger partial charge on any atom is 0.412 e. The maximum atomic E-state index is 14.3. The number of esters is 1. The van der Waals surface area contributed by atoms with E-state index in [1.807, 2.05) is 93.5 Å². The second-order valence-corrected chi connectivity index (χ2v) is 24.2. The van der Waals surface area contributed by atoms with Gasteiger partial charge in [-0.1, -0.05) is 52.0 Å². The molecule has 0 spiro atoms. The fraction of sp³-hybridized carbons (Fsp3) is 0.566. The van der Waals surface area contributed by atoms with Crippen LogP contribution in [0.25, 0.3) is 5.69 Å². The van der Waals surface area contributed by atoms with Crippen LogP contribution in [-0.4, -0.2) is 108 Å². The number of aryl methyl sites for hydroxylation is 1. The molecule has 2 saturated heterocycles. The molecular formula is C53H73N5O9S. The first-order valence-corrected chi connectivity index (χ1v) is 25.5. The van der Waals surface area contributed by atoms with E-state index in [1.165, 1.54) is 11.4 Å². The molecule has 3 atom stereocenters. The minimum Gasteiger partial charge on any atom is -0.497 e. The fourth-order valence-electron chi connectivity index (χ4n) is 9.57. The van der Waals surface area contributed by atoms with Gasteiger partial charge in [0.2, 0.25) is 10.0 Å². The molecule has 3 aliphatic rings. The van der Waals surface area contributed by atoms with E-state index in [1.54, 1.807) is 33.8 Å². The Bertz CT molecular complexity index is 2540. The summed E-state index contributed by atoms with van der Waals surface area (Å²) in [7, 11) is -2.42. The van der Waals surface area contributed by atoms with Crippen molar-refractivity contribution < 1.29 is 41.7 Å². The van der Waals surface area contributed by atoms with Crippen LogP contribution >= 0.6 is 0 Å². The zero-order valence-corrected chi connectivity index (χ0v) is 43.2. The molecule has 0 unspecified atom stereocenters. The highest BCUT2D eigenvalue weighted by atomic mass is 32.2. The Hall–Kier alpha value is -5.12. The van der Waals surface area contributed by atoms with Gasteiger partial charge < -0.3 is 28.6 Å². The summed E-state index contributed by atoms with van der Waals surface area (Å²) in [6, 6.07) is 21.9. The second kappa shape index (κ2) is 19.3. The van der Waals surface area contributed by atoms with Crippen molar-refractivity contribution in [3.63, 3.8) is 0 Å². The highest BCUT2D eigenvalue weighted by molar-refractivity contribution is 7.89. The molecule has 3 heterocycles. The molecule has 0 saturated carbocycles. The van der Waals surface area contributed by atoms with Crippen molar-refractivity contribution in [3.8, 4) is 17.2 Å². The van der Waals surface area contributed by atoms with Crippen LogP contribution in [0.4, 0.5) is 10.5 Å². The molecule has 2 fully saturated rings. The van der Waals surface area contributed by atoms with Gasteiger partial charge in [-0.2, -0.15) is 9.40 Å². The molecule has 1 aromatic heterocycles. The summed E-state index contributed by atoms with van der Waals surface area (Å²) >= 11 is 0. The van der Waals surface area contributed by atoms with Crippen molar-refractivity contribution >= 4 is 27.8 Å². The summed E-state index contributed by atoms with van der Waals surface area (Å²) in [6.45, 7) is 24.9. The van der Waals surface area contributed by atoms with Gasteiger partial charge in [0.05, 0.1) is 36.4 Å². The van der Waals surface area contributed by atoms with Crippen molar-refractivity contribution in [1.29, 1.82) is 0 Å². The molecular weight excluding hydrogens is 883 g/mol.